The van der Waals surface area contributed by atoms with Crippen molar-refractivity contribution in [2.24, 2.45) is 11.3 Å². The van der Waals surface area contributed by atoms with Gasteiger partial charge in [0.05, 0.1) is 10.9 Å². The molecule has 1 amide bonds. The summed E-state index contributed by atoms with van der Waals surface area (Å²) in [5, 5.41) is 3.66. The zero-order valence-corrected chi connectivity index (χ0v) is 15.1. The average Bonchev–Trinajstić information content (AvgIpc) is 2.59. The highest BCUT2D eigenvalue weighted by Gasteiger charge is 2.25. The highest BCUT2D eigenvalue weighted by molar-refractivity contribution is 5.81. The number of H-pyrrole nitrogens is 1. The van der Waals surface area contributed by atoms with Crippen molar-refractivity contribution in [1.29, 1.82) is 0 Å². The van der Waals surface area contributed by atoms with Crippen LogP contribution >= 0.6 is 0 Å². The predicted octanol–water partition coefficient (Wildman–Crippen LogP) is 2.30. The van der Waals surface area contributed by atoms with E-state index in [1.807, 2.05) is 39.0 Å². The smallest absolute Gasteiger partial charge is 0.260 e. The van der Waals surface area contributed by atoms with Gasteiger partial charge in [0.1, 0.15) is 0 Å². The molecule has 6 nitrogen and oxygen atoms in total. The zero-order valence-electron chi connectivity index (χ0n) is 15.1. The van der Waals surface area contributed by atoms with Crippen molar-refractivity contribution in [1.82, 2.24) is 15.3 Å². The maximum atomic E-state index is 12.3. The van der Waals surface area contributed by atoms with Crippen molar-refractivity contribution < 1.29 is 4.79 Å². The Morgan fingerprint density at radius 2 is 2.12 bits per heavy atom. The molecule has 1 saturated heterocycles. The van der Waals surface area contributed by atoms with Crippen LogP contribution in [0.2, 0.25) is 0 Å². The van der Waals surface area contributed by atoms with E-state index in [1.165, 1.54) is 0 Å². The van der Waals surface area contributed by atoms with Gasteiger partial charge in [-0.25, -0.2) is 4.98 Å². The van der Waals surface area contributed by atoms with E-state index in [4.69, 9.17) is 0 Å². The topological polar surface area (TPSA) is 78.1 Å². The number of aromatic nitrogens is 2. The first-order valence-electron chi connectivity index (χ1n) is 8.87. The summed E-state index contributed by atoms with van der Waals surface area (Å²) in [7, 11) is 0. The van der Waals surface area contributed by atoms with E-state index in [0.717, 1.165) is 25.9 Å². The third-order valence-electron chi connectivity index (χ3n) is 4.65. The van der Waals surface area contributed by atoms with Crippen molar-refractivity contribution in [2.45, 2.75) is 33.6 Å². The summed E-state index contributed by atoms with van der Waals surface area (Å²) in [6.07, 6.45) is 2.09. The minimum Gasteiger partial charge on any atom is -0.355 e. The Labute approximate surface area is 147 Å². The van der Waals surface area contributed by atoms with Gasteiger partial charge in [0.15, 0.2) is 0 Å². The van der Waals surface area contributed by atoms with E-state index >= 15 is 0 Å². The van der Waals surface area contributed by atoms with Crippen molar-refractivity contribution in [2.75, 3.05) is 24.5 Å². The van der Waals surface area contributed by atoms with Gasteiger partial charge in [-0.1, -0.05) is 32.9 Å². The van der Waals surface area contributed by atoms with Crippen LogP contribution in [0.3, 0.4) is 0 Å². The SMILES string of the molecule is CC(C)(C)C(=O)NCC1CCCN(c2nc3ccccc3c(=O)[nH]2)C1. The minimum atomic E-state index is -0.376. The van der Waals surface area contributed by atoms with E-state index in [0.29, 0.717) is 29.3 Å². The molecule has 1 aliphatic heterocycles. The van der Waals surface area contributed by atoms with Crippen molar-refractivity contribution in [3.63, 3.8) is 0 Å². The molecule has 0 saturated carbocycles. The average molecular weight is 342 g/mol. The van der Waals surface area contributed by atoms with Gasteiger partial charge in [0.2, 0.25) is 11.9 Å². The number of amides is 1. The number of hydrogen-bond acceptors (Lipinski definition) is 4. The largest absolute Gasteiger partial charge is 0.355 e. The third kappa shape index (κ3) is 4.00. The van der Waals surface area contributed by atoms with E-state index in [-0.39, 0.29) is 16.9 Å². The van der Waals surface area contributed by atoms with Gasteiger partial charge >= 0.3 is 0 Å². The number of piperidine rings is 1. The Balaban J connectivity index is 1.71. The van der Waals surface area contributed by atoms with E-state index < -0.39 is 0 Å². The number of carbonyl (C=O) groups is 1. The van der Waals surface area contributed by atoms with Crippen LogP contribution < -0.4 is 15.8 Å². The summed E-state index contributed by atoms with van der Waals surface area (Å²) in [4.78, 5) is 34.0. The fourth-order valence-electron chi connectivity index (χ4n) is 3.15. The van der Waals surface area contributed by atoms with Crippen molar-refractivity contribution >= 4 is 22.8 Å². The maximum absolute atomic E-state index is 12.3. The van der Waals surface area contributed by atoms with Crippen molar-refractivity contribution in [3.05, 3.63) is 34.6 Å². The minimum absolute atomic E-state index is 0.0712. The second kappa shape index (κ2) is 6.86. The molecule has 25 heavy (non-hydrogen) atoms. The summed E-state index contributed by atoms with van der Waals surface area (Å²) in [6, 6.07) is 7.37. The van der Waals surface area contributed by atoms with Gasteiger partial charge in [-0.2, -0.15) is 0 Å². The molecule has 0 bridgehead atoms. The van der Waals surface area contributed by atoms with E-state index in [2.05, 4.69) is 20.2 Å². The molecule has 1 aromatic heterocycles. The number of hydrogen-bond donors (Lipinski definition) is 2. The number of anilines is 1. The molecular weight excluding hydrogens is 316 g/mol. The number of carbonyl (C=O) groups excluding carboxylic acids is 1. The summed E-state index contributed by atoms with van der Waals surface area (Å²) in [5.74, 6) is 1.05. The molecule has 6 heteroatoms. The zero-order chi connectivity index (χ0) is 18.0. The summed E-state index contributed by atoms with van der Waals surface area (Å²) in [6.45, 7) is 8.05. The quantitative estimate of drug-likeness (QED) is 0.897. The first kappa shape index (κ1) is 17.5. The fourth-order valence-corrected chi connectivity index (χ4v) is 3.15. The monoisotopic (exact) mass is 342 g/mol. The third-order valence-corrected chi connectivity index (χ3v) is 4.65. The molecule has 2 heterocycles. The fraction of sp³-hybridized carbons (Fsp3) is 0.526. The van der Waals surface area contributed by atoms with Gasteiger partial charge < -0.3 is 10.2 Å². The molecule has 1 fully saturated rings. The van der Waals surface area contributed by atoms with Crippen LogP contribution in [0.15, 0.2) is 29.1 Å². The predicted molar refractivity (Wildman–Crippen MR) is 99.8 cm³/mol. The van der Waals surface area contributed by atoms with Crippen LogP contribution in [-0.2, 0) is 4.79 Å². The van der Waals surface area contributed by atoms with Gasteiger partial charge in [-0.15, -0.1) is 0 Å². The molecule has 3 rings (SSSR count). The van der Waals surface area contributed by atoms with Gasteiger partial charge in [0, 0.05) is 25.0 Å². The molecular formula is C19H26N4O2. The standard InChI is InChI=1S/C19H26N4O2/c1-19(2,3)17(25)20-11-13-7-6-10-23(12-13)18-21-15-9-5-4-8-14(15)16(24)22-18/h4-5,8-9,13H,6-7,10-12H2,1-3H3,(H,20,25)(H,21,22,24). The Morgan fingerprint density at radius 1 is 1.36 bits per heavy atom. The molecule has 0 spiro atoms. The molecule has 1 atom stereocenters. The highest BCUT2D eigenvalue weighted by atomic mass is 16.2. The van der Waals surface area contributed by atoms with Crippen LogP contribution in [0.1, 0.15) is 33.6 Å². The number of benzene rings is 1. The molecule has 0 aliphatic carbocycles. The number of fused-ring (bicyclic) bond motifs is 1. The Morgan fingerprint density at radius 3 is 2.88 bits per heavy atom. The molecule has 1 aliphatic rings. The molecule has 2 N–H and O–H groups in total. The molecule has 0 radical (unpaired) electrons. The van der Waals surface area contributed by atoms with Gasteiger partial charge in [0.25, 0.3) is 5.56 Å². The lowest BCUT2D eigenvalue weighted by atomic mass is 9.94. The molecule has 134 valence electrons. The second-order valence-corrected chi connectivity index (χ2v) is 7.82. The van der Waals surface area contributed by atoms with Crippen LogP contribution in [0.5, 0.6) is 0 Å². The first-order chi connectivity index (χ1) is 11.8. The van der Waals surface area contributed by atoms with Crippen molar-refractivity contribution in [3.8, 4) is 0 Å². The van der Waals surface area contributed by atoms with Crippen LogP contribution in [-0.4, -0.2) is 35.5 Å². The van der Waals surface area contributed by atoms with E-state index in [9.17, 15) is 9.59 Å². The van der Waals surface area contributed by atoms with E-state index in [1.54, 1.807) is 6.07 Å². The van der Waals surface area contributed by atoms with Gasteiger partial charge in [-0.05, 0) is 30.9 Å². The van der Waals surface area contributed by atoms with Crippen LogP contribution in [0.25, 0.3) is 10.9 Å². The summed E-state index contributed by atoms with van der Waals surface area (Å²) in [5.41, 5.74) is 0.229. The Bertz CT molecular complexity index is 822. The molecule has 2 aromatic rings. The van der Waals surface area contributed by atoms with Crippen LogP contribution in [0, 0.1) is 11.3 Å². The Kier molecular flexibility index (Phi) is 4.79. The summed E-state index contributed by atoms with van der Waals surface area (Å²) < 4.78 is 0. The van der Waals surface area contributed by atoms with Gasteiger partial charge in [-0.3, -0.25) is 14.6 Å². The lowest BCUT2D eigenvalue weighted by molar-refractivity contribution is -0.128. The first-order valence-corrected chi connectivity index (χ1v) is 8.87. The number of nitrogens with one attached hydrogen (secondary N) is 2. The normalized spacial score (nSPS) is 18.4. The number of rotatable bonds is 3. The number of aromatic amines is 1. The van der Waals surface area contributed by atoms with Crippen LogP contribution in [0.4, 0.5) is 5.95 Å². The highest BCUT2D eigenvalue weighted by Crippen LogP contribution is 2.21. The number of nitrogens with zero attached hydrogens (tertiary/aromatic N) is 2. The Hall–Kier alpha value is -2.37. The second-order valence-electron chi connectivity index (χ2n) is 7.82. The summed E-state index contributed by atoms with van der Waals surface area (Å²) >= 11 is 0. The lowest BCUT2D eigenvalue weighted by Crippen LogP contribution is -2.44. The lowest BCUT2D eigenvalue weighted by Gasteiger charge is -2.33. The molecule has 1 aromatic carbocycles. The molecule has 1 unspecified atom stereocenters. The maximum Gasteiger partial charge on any atom is 0.260 e. The number of para-hydroxylation sites is 1.